The Morgan fingerprint density at radius 2 is 2.75 bits per heavy atom. The molecule has 3 nitrogen and oxygen atoms in total. The number of hydrogen-bond donors (Lipinski definition) is 0. The molecule has 1 rings (SSSR count). The SMILES string of the molecule is CC[CH]c1conn1. The Balaban J connectivity index is 2.50. The van der Waals surface area contributed by atoms with Gasteiger partial charge in [-0.2, -0.15) is 0 Å². The van der Waals surface area contributed by atoms with Gasteiger partial charge in [0, 0.05) is 11.7 Å². The number of hydrogen-bond acceptors (Lipinski definition) is 3. The fourth-order valence-corrected chi connectivity index (χ4v) is 0.470. The van der Waals surface area contributed by atoms with Crippen molar-refractivity contribution in [2.45, 2.75) is 13.3 Å². The Morgan fingerprint density at radius 3 is 3.25 bits per heavy atom. The highest BCUT2D eigenvalue weighted by molar-refractivity contribution is 5.01. The summed E-state index contributed by atoms with van der Waals surface area (Å²) in [6.45, 7) is 2.04. The van der Waals surface area contributed by atoms with Crippen molar-refractivity contribution in [2.75, 3.05) is 0 Å². The van der Waals surface area contributed by atoms with Crippen molar-refractivity contribution in [3.8, 4) is 0 Å². The molecule has 0 saturated heterocycles. The zero-order valence-corrected chi connectivity index (χ0v) is 4.66. The molecule has 1 heterocycles. The molecule has 1 aromatic rings. The molecule has 0 fully saturated rings. The Morgan fingerprint density at radius 1 is 1.88 bits per heavy atom. The first-order valence-corrected chi connectivity index (χ1v) is 2.53. The first-order valence-electron chi connectivity index (χ1n) is 2.53. The van der Waals surface area contributed by atoms with Crippen LogP contribution in [0.4, 0.5) is 0 Å². The van der Waals surface area contributed by atoms with Gasteiger partial charge in [0.05, 0.1) is 0 Å². The van der Waals surface area contributed by atoms with Crippen LogP contribution >= 0.6 is 0 Å². The monoisotopic (exact) mass is 111 g/mol. The number of rotatable bonds is 2. The van der Waals surface area contributed by atoms with Gasteiger partial charge in [0.25, 0.3) is 0 Å². The maximum Gasteiger partial charge on any atom is 0.147 e. The molecule has 1 radical (unpaired) electrons. The highest BCUT2D eigenvalue weighted by atomic mass is 16.5. The third-order valence-corrected chi connectivity index (χ3v) is 0.790. The molecule has 0 N–H and O–H groups in total. The minimum absolute atomic E-state index is 0.813. The maximum absolute atomic E-state index is 4.47. The molecule has 3 heteroatoms. The van der Waals surface area contributed by atoms with Gasteiger partial charge in [0.1, 0.15) is 12.0 Å². The van der Waals surface area contributed by atoms with Gasteiger partial charge < -0.3 is 4.52 Å². The number of nitrogens with zero attached hydrogens (tertiary/aromatic N) is 2. The Hall–Kier alpha value is -0.860. The minimum atomic E-state index is 0.813. The molecule has 0 amide bonds. The average molecular weight is 111 g/mol. The topological polar surface area (TPSA) is 38.9 Å². The molecule has 0 aliphatic rings. The lowest BCUT2D eigenvalue weighted by molar-refractivity contribution is 0.393. The predicted molar refractivity (Wildman–Crippen MR) is 28.0 cm³/mol. The van der Waals surface area contributed by atoms with Gasteiger partial charge >= 0.3 is 0 Å². The molecule has 0 saturated carbocycles. The van der Waals surface area contributed by atoms with Crippen LogP contribution < -0.4 is 0 Å². The van der Waals surface area contributed by atoms with Crippen LogP contribution in [0.15, 0.2) is 10.8 Å². The van der Waals surface area contributed by atoms with Gasteiger partial charge in [-0.15, -0.1) is 5.10 Å². The van der Waals surface area contributed by atoms with Crippen LogP contribution in [0.5, 0.6) is 0 Å². The lowest BCUT2D eigenvalue weighted by atomic mass is 10.3. The van der Waals surface area contributed by atoms with Crippen molar-refractivity contribution in [3.05, 3.63) is 18.4 Å². The first-order chi connectivity index (χ1) is 3.93. The fraction of sp³-hybridized carbons (Fsp3) is 0.400. The van der Waals surface area contributed by atoms with Crippen LogP contribution in [0.3, 0.4) is 0 Å². The Labute approximate surface area is 47.7 Å². The molecule has 0 unspecified atom stereocenters. The smallest absolute Gasteiger partial charge is 0.147 e. The summed E-state index contributed by atoms with van der Waals surface area (Å²) in [4.78, 5) is 0. The van der Waals surface area contributed by atoms with Crippen molar-refractivity contribution < 1.29 is 4.52 Å². The van der Waals surface area contributed by atoms with Crippen LogP contribution in [0.2, 0.25) is 0 Å². The van der Waals surface area contributed by atoms with Crippen molar-refractivity contribution in [1.29, 1.82) is 0 Å². The van der Waals surface area contributed by atoms with Crippen LogP contribution in [0, 0.1) is 6.42 Å². The second kappa shape index (κ2) is 2.45. The van der Waals surface area contributed by atoms with Gasteiger partial charge in [-0.1, -0.05) is 6.92 Å². The third-order valence-electron chi connectivity index (χ3n) is 0.790. The molecule has 1 aromatic heterocycles. The van der Waals surface area contributed by atoms with E-state index in [0.717, 1.165) is 12.1 Å². The summed E-state index contributed by atoms with van der Waals surface area (Å²) in [5, 5.41) is 6.92. The van der Waals surface area contributed by atoms with E-state index in [2.05, 4.69) is 14.9 Å². The van der Waals surface area contributed by atoms with Crippen LogP contribution in [0.25, 0.3) is 0 Å². The van der Waals surface area contributed by atoms with E-state index in [-0.39, 0.29) is 0 Å². The standard InChI is InChI=1S/C5H7N2O/c1-2-3-5-4-8-7-6-5/h3-4H,2H2,1H3. The molecule has 0 atom stereocenters. The van der Waals surface area contributed by atoms with E-state index in [1.165, 1.54) is 6.26 Å². The molecule has 0 aliphatic carbocycles. The molecule has 0 bridgehead atoms. The highest BCUT2D eigenvalue weighted by Crippen LogP contribution is 1.97. The quantitative estimate of drug-likeness (QED) is 0.572. The van der Waals surface area contributed by atoms with E-state index in [1.807, 2.05) is 13.3 Å². The molecular formula is C5H7N2O. The summed E-state index contributed by atoms with van der Waals surface area (Å²) >= 11 is 0. The fourth-order valence-electron chi connectivity index (χ4n) is 0.470. The van der Waals surface area contributed by atoms with E-state index < -0.39 is 0 Å². The molecule has 43 valence electrons. The summed E-state index contributed by atoms with van der Waals surface area (Å²) < 4.78 is 4.47. The van der Waals surface area contributed by atoms with Crippen molar-refractivity contribution >= 4 is 0 Å². The van der Waals surface area contributed by atoms with Gasteiger partial charge in [0.2, 0.25) is 0 Å². The first kappa shape index (κ1) is 5.28. The number of aromatic nitrogens is 2. The molecule has 8 heavy (non-hydrogen) atoms. The zero-order valence-electron chi connectivity index (χ0n) is 4.66. The largest absolute Gasteiger partial charge is 0.345 e. The summed E-state index contributed by atoms with van der Waals surface area (Å²) in [6.07, 6.45) is 4.42. The van der Waals surface area contributed by atoms with Gasteiger partial charge in [-0.3, -0.25) is 0 Å². The van der Waals surface area contributed by atoms with E-state index in [1.54, 1.807) is 0 Å². The van der Waals surface area contributed by atoms with E-state index in [0.29, 0.717) is 0 Å². The molecule has 0 spiro atoms. The summed E-state index contributed by atoms with van der Waals surface area (Å²) in [5.74, 6) is 0. The minimum Gasteiger partial charge on any atom is -0.345 e. The van der Waals surface area contributed by atoms with Crippen molar-refractivity contribution in [1.82, 2.24) is 10.4 Å². The van der Waals surface area contributed by atoms with Crippen molar-refractivity contribution in [3.63, 3.8) is 0 Å². The van der Waals surface area contributed by atoms with Gasteiger partial charge in [-0.05, 0) is 6.42 Å². The Bertz CT molecular complexity index is 136. The lowest BCUT2D eigenvalue weighted by Crippen LogP contribution is -1.77. The van der Waals surface area contributed by atoms with Crippen LogP contribution in [0.1, 0.15) is 19.0 Å². The Kier molecular flexibility index (Phi) is 1.62. The van der Waals surface area contributed by atoms with Crippen LogP contribution in [-0.2, 0) is 0 Å². The maximum atomic E-state index is 4.47. The second-order valence-electron chi connectivity index (χ2n) is 1.44. The molecular weight excluding hydrogens is 104 g/mol. The van der Waals surface area contributed by atoms with E-state index in [4.69, 9.17) is 0 Å². The van der Waals surface area contributed by atoms with Crippen LogP contribution in [-0.4, -0.2) is 10.4 Å². The predicted octanol–water partition coefficient (Wildman–Crippen LogP) is 1.03. The van der Waals surface area contributed by atoms with E-state index in [9.17, 15) is 0 Å². The lowest BCUT2D eigenvalue weighted by Gasteiger charge is -1.80. The summed E-state index contributed by atoms with van der Waals surface area (Å²) in [7, 11) is 0. The summed E-state index contributed by atoms with van der Waals surface area (Å²) in [6, 6.07) is 0. The normalized spacial score (nSPS) is 9.62. The summed E-state index contributed by atoms with van der Waals surface area (Å²) in [5.41, 5.74) is 0.813. The second-order valence-corrected chi connectivity index (χ2v) is 1.44. The zero-order chi connectivity index (χ0) is 5.82. The average Bonchev–Trinajstić information content (AvgIpc) is 2.19. The molecule has 0 aliphatic heterocycles. The highest BCUT2D eigenvalue weighted by Gasteiger charge is 1.92. The van der Waals surface area contributed by atoms with Crippen molar-refractivity contribution in [2.24, 2.45) is 0 Å². The third kappa shape index (κ3) is 1.05. The molecule has 0 aromatic carbocycles. The van der Waals surface area contributed by atoms with Gasteiger partial charge in [-0.25, -0.2) is 0 Å². The van der Waals surface area contributed by atoms with Gasteiger partial charge in [0.15, 0.2) is 0 Å². The van der Waals surface area contributed by atoms with E-state index >= 15 is 0 Å².